The van der Waals surface area contributed by atoms with Gasteiger partial charge in [0.15, 0.2) is 6.10 Å². The second-order valence-electron chi connectivity index (χ2n) is 5.99. The summed E-state index contributed by atoms with van der Waals surface area (Å²) in [7, 11) is 0. The minimum atomic E-state index is -0.743. The molecule has 1 aliphatic rings. The number of para-hydroxylation sites is 1. The molecule has 0 bridgehead atoms. The average molecular weight is 340 g/mol. The van der Waals surface area contributed by atoms with Crippen LogP contribution in [0.15, 0.2) is 36.5 Å². The summed E-state index contributed by atoms with van der Waals surface area (Å²) in [5.41, 5.74) is 0.397. The quantitative estimate of drug-likeness (QED) is 0.871. The molecule has 1 aliphatic heterocycles. The summed E-state index contributed by atoms with van der Waals surface area (Å²) in [4.78, 5) is 12.4. The minimum Gasteiger partial charge on any atom is -0.480 e. The number of benzene rings is 1. The lowest BCUT2D eigenvalue weighted by Crippen LogP contribution is -2.31. The molecule has 0 radical (unpaired) electrons. The second-order valence-corrected chi connectivity index (χ2v) is 5.99. The number of hydrogen-bond acceptors (Lipinski definition) is 5. The highest BCUT2D eigenvalue weighted by Crippen LogP contribution is 2.20. The SMILES string of the molecule is C[C@@H](Oc1ccccc1C#N)C(=O)Nc1ccnn1C[C@@H]1CCOC1. The van der Waals surface area contributed by atoms with Gasteiger partial charge in [-0.2, -0.15) is 10.4 Å². The standard InChI is InChI=1S/C18H20N4O3/c1-13(25-16-5-3-2-4-15(16)10-19)18(23)21-17-6-8-20-22(17)11-14-7-9-24-12-14/h2-6,8,13-14H,7,9,11-12H2,1H3,(H,21,23)/t13-,14+/m1/s1. The van der Waals surface area contributed by atoms with E-state index in [0.29, 0.717) is 29.6 Å². The van der Waals surface area contributed by atoms with E-state index in [2.05, 4.69) is 16.5 Å². The van der Waals surface area contributed by atoms with Crippen LogP contribution >= 0.6 is 0 Å². The zero-order valence-corrected chi connectivity index (χ0v) is 14.0. The molecule has 0 saturated carbocycles. The predicted octanol–water partition coefficient (Wildman–Crippen LogP) is 2.20. The maximum Gasteiger partial charge on any atom is 0.266 e. The molecule has 2 aromatic rings. The van der Waals surface area contributed by atoms with E-state index in [0.717, 1.165) is 19.6 Å². The lowest BCUT2D eigenvalue weighted by atomic mass is 10.1. The summed E-state index contributed by atoms with van der Waals surface area (Å²) in [6, 6.07) is 10.6. The van der Waals surface area contributed by atoms with Crippen LogP contribution < -0.4 is 10.1 Å². The van der Waals surface area contributed by atoms with E-state index in [-0.39, 0.29) is 5.91 Å². The van der Waals surface area contributed by atoms with Gasteiger partial charge in [-0.25, -0.2) is 4.68 Å². The number of carbonyl (C=O) groups is 1. The summed E-state index contributed by atoms with van der Waals surface area (Å²) in [6.45, 7) is 3.85. The van der Waals surface area contributed by atoms with E-state index in [1.165, 1.54) is 0 Å². The first kappa shape index (κ1) is 17.0. The molecule has 130 valence electrons. The van der Waals surface area contributed by atoms with Crippen molar-refractivity contribution in [3.63, 3.8) is 0 Å². The predicted molar refractivity (Wildman–Crippen MR) is 91.0 cm³/mol. The molecule has 2 heterocycles. The molecule has 0 aliphatic carbocycles. The molecule has 7 heteroatoms. The van der Waals surface area contributed by atoms with Gasteiger partial charge in [-0.1, -0.05) is 12.1 Å². The highest BCUT2D eigenvalue weighted by atomic mass is 16.5. The number of nitrogens with one attached hydrogen (secondary N) is 1. The molecule has 1 saturated heterocycles. The van der Waals surface area contributed by atoms with Crippen LogP contribution in [-0.2, 0) is 16.1 Å². The van der Waals surface area contributed by atoms with Crippen LogP contribution in [-0.4, -0.2) is 35.0 Å². The zero-order chi connectivity index (χ0) is 17.6. The van der Waals surface area contributed by atoms with Crippen molar-refractivity contribution in [2.45, 2.75) is 26.0 Å². The Kier molecular flexibility index (Phi) is 5.31. The number of carbonyl (C=O) groups excluding carboxylic acids is 1. The van der Waals surface area contributed by atoms with Gasteiger partial charge in [-0.3, -0.25) is 4.79 Å². The number of aromatic nitrogens is 2. The molecule has 2 atom stereocenters. The summed E-state index contributed by atoms with van der Waals surface area (Å²) in [5.74, 6) is 1.13. The van der Waals surface area contributed by atoms with Gasteiger partial charge in [0.05, 0.1) is 18.4 Å². The number of nitriles is 1. The molecule has 7 nitrogen and oxygen atoms in total. The van der Waals surface area contributed by atoms with Crippen molar-refractivity contribution in [1.29, 1.82) is 5.26 Å². The fourth-order valence-electron chi connectivity index (χ4n) is 2.69. The van der Waals surface area contributed by atoms with Gasteiger partial charge in [0.1, 0.15) is 17.6 Å². The number of ether oxygens (including phenoxy) is 2. The van der Waals surface area contributed by atoms with Crippen molar-refractivity contribution in [2.75, 3.05) is 18.5 Å². The first-order valence-electron chi connectivity index (χ1n) is 8.23. The third-order valence-corrected chi connectivity index (χ3v) is 4.10. The van der Waals surface area contributed by atoms with E-state index in [4.69, 9.17) is 14.7 Å². The third kappa shape index (κ3) is 4.17. The molecular weight excluding hydrogens is 320 g/mol. The number of amides is 1. The molecule has 1 N–H and O–H groups in total. The topological polar surface area (TPSA) is 89.2 Å². The number of nitrogens with zero attached hydrogens (tertiary/aromatic N) is 3. The van der Waals surface area contributed by atoms with Gasteiger partial charge < -0.3 is 14.8 Å². The highest BCUT2D eigenvalue weighted by molar-refractivity contribution is 5.93. The van der Waals surface area contributed by atoms with Crippen LogP contribution in [0.5, 0.6) is 5.75 Å². The molecule has 0 spiro atoms. The van der Waals surface area contributed by atoms with Crippen LogP contribution in [0, 0.1) is 17.2 Å². The van der Waals surface area contributed by atoms with Gasteiger partial charge in [-0.15, -0.1) is 0 Å². The summed E-state index contributed by atoms with van der Waals surface area (Å²) < 4.78 is 12.8. The van der Waals surface area contributed by atoms with Crippen molar-refractivity contribution < 1.29 is 14.3 Å². The Morgan fingerprint density at radius 1 is 1.52 bits per heavy atom. The first-order chi connectivity index (χ1) is 12.2. The van der Waals surface area contributed by atoms with Crippen molar-refractivity contribution in [3.8, 4) is 11.8 Å². The van der Waals surface area contributed by atoms with Crippen molar-refractivity contribution in [3.05, 3.63) is 42.1 Å². The van der Waals surface area contributed by atoms with Gasteiger partial charge in [0, 0.05) is 25.1 Å². The molecule has 1 fully saturated rings. The van der Waals surface area contributed by atoms with Crippen LogP contribution in [0.4, 0.5) is 5.82 Å². The Morgan fingerprint density at radius 3 is 3.12 bits per heavy atom. The molecule has 3 rings (SSSR count). The van der Waals surface area contributed by atoms with Crippen LogP contribution in [0.1, 0.15) is 18.9 Å². The van der Waals surface area contributed by atoms with E-state index >= 15 is 0 Å². The van der Waals surface area contributed by atoms with E-state index in [1.54, 1.807) is 48.1 Å². The Bertz CT molecular complexity index is 775. The molecule has 1 aromatic carbocycles. The smallest absolute Gasteiger partial charge is 0.266 e. The summed E-state index contributed by atoms with van der Waals surface area (Å²) in [5, 5.41) is 16.2. The van der Waals surface area contributed by atoms with E-state index < -0.39 is 6.10 Å². The Morgan fingerprint density at radius 2 is 2.36 bits per heavy atom. The molecular formula is C18H20N4O3. The maximum atomic E-state index is 12.4. The number of hydrogen-bond donors (Lipinski definition) is 1. The fraction of sp³-hybridized carbons (Fsp3) is 0.389. The molecule has 25 heavy (non-hydrogen) atoms. The van der Waals surface area contributed by atoms with Crippen molar-refractivity contribution >= 4 is 11.7 Å². The molecule has 1 aromatic heterocycles. The molecule has 1 amide bonds. The Balaban J connectivity index is 1.62. The van der Waals surface area contributed by atoms with E-state index in [1.807, 2.05) is 0 Å². The van der Waals surface area contributed by atoms with Gasteiger partial charge in [0.25, 0.3) is 5.91 Å². The molecule has 0 unspecified atom stereocenters. The largest absolute Gasteiger partial charge is 0.480 e. The average Bonchev–Trinajstić information content (AvgIpc) is 3.28. The highest BCUT2D eigenvalue weighted by Gasteiger charge is 2.21. The van der Waals surface area contributed by atoms with Crippen LogP contribution in [0.2, 0.25) is 0 Å². The second kappa shape index (κ2) is 7.81. The summed E-state index contributed by atoms with van der Waals surface area (Å²) in [6.07, 6.45) is 1.91. The number of rotatable bonds is 6. The van der Waals surface area contributed by atoms with Gasteiger partial charge >= 0.3 is 0 Å². The lowest BCUT2D eigenvalue weighted by molar-refractivity contribution is -0.122. The summed E-state index contributed by atoms with van der Waals surface area (Å²) >= 11 is 0. The van der Waals surface area contributed by atoms with E-state index in [9.17, 15) is 4.79 Å². The van der Waals surface area contributed by atoms with Crippen LogP contribution in [0.25, 0.3) is 0 Å². The normalized spacial score (nSPS) is 17.7. The Labute approximate surface area is 146 Å². The van der Waals surface area contributed by atoms with Crippen molar-refractivity contribution in [2.24, 2.45) is 5.92 Å². The monoisotopic (exact) mass is 340 g/mol. The maximum absolute atomic E-state index is 12.4. The fourth-order valence-corrected chi connectivity index (χ4v) is 2.69. The lowest BCUT2D eigenvalue weighted by Gasteiger charge is -2.17. The van der Waals surface area contributed by atoms with Crippen molar-refractivity contribution in [1.82, 2.24) is 9.78 Å². The van der Waals surface area contributed by atoms with Crippen LogP contribution in [0.3, 0.4) is 0 Å². The minimum absolute atomic E-state index is 0.294. The van der Waals surface area contributed by atoms with Gasteiger partial charge in [0.2, 0.25) is 0 Å². The van der Waals surface area contributed by atoms with Gasteiger partial charge in [-0.05, 0) is 25.5 Å². The zero-order valence-electron chi connectivity index (χ0n) is 14.0. The third-order valence-electron chi connectivity index (χ3n) is 4.10. The first-order valence-corrected chi connectivity index (χ1v) is 8.23. The Hall–Kier alpha value is -2.85. The number of anilines is 1.